The molecule has 3 fully saturated rings. The summed E-state index contributed by atoms with van der Waals surface area (Å²) in [6, 6.07) is 14.7. The van der Waals surface area contributed by atoms with Gasteiger partial charge in [-0.2, -0.15) is 0 Å². The van der Waals surface area contributed by atoms with Crippen molar-refractivity contribution in [2.45, 2.75) is 63.8 Å². The van der Waals surface area contributed by atoms with Crippen molar-refractivity contribution in [3.63, 3.8) is 0 Å². The molecule has 1 saturated heterocycles. The van der Waals surface area contributed by atoms with Crippen molar-refractivity contribution < 1.29 is 19.2 Å². The number of nitrogens with one attached hydrogen (secondary N) is 2. The van der Waals surface area contributed by atoms with Crippen molar-refractivity contribution in [3.05, 3.63) is 59.7 Å². The second-order valence-corrected chi connectivity index (χ2v) is 11.2. The van der Waals surface area contributed by atoms with Gasteiger partial charge in [0.2, 0.25) is 17.7 Å². The monoisotopic (exact) mass is 530 g/mol. The molecule has 2 aromatic carbocycles. The lowest BCUT2D eigenvalue weighted by atomic mass is 9.83. The molecule has 0 radical (unpaired) electrons. The first-order chi connectivity index (χ1) is 18.9. The van der Waals surface area contributed by atoms with Crippen LogP contribution in [0.3, 0.4) is 0 Å². The van der Waals surface area contributed by atoms with Gasteiger partial charge in [-0.3, -0.25) is 19.2 Å². The summed E-state index contributed by atoms with van der Waals surface area (Å²) >= 11 is 0. The minimum atomic E-state index is -0.195. The molecule has 2 N–H and O–H groups in total. The Kier molecular flexibility index (Phi) is 8.29. The third-order valence-corrected chi connectivity index (χ3v) is 8.53. The van der Waals surface area contributed by atoms with Gasteiger partial charge >= 0.3 is 0 Å². The molecule has 1 aliphatic heterocycles. The largest absolute Gasteiger partial charge is 0.342 e. The van der Waals surface area contributed by atoms with E-state index in [1.54, 1.807) is 29.2 Å². The van der Waals surface area contributed by atoms with Crippen LogP contribution < -0.4 is 10.6 Å². The average Bonchev–Trinajstić information content (AvgIpc) is 2.86. The molecule has 2 aliphatic carbocycles. The van der Waals surface area contributed by atoms with E-state index >= 15 is 0 Å². The number of likely N-dealkylation sites (tertiary alicyclic amines) is 1. The summed E-state index contributed by atoms with van der Waals surface area (Å²) in [7, 11) is 1.84. The van der Waals surface area contributed by atoms with Gasteiger partial charge in [0.1, 0.15) is 0 Å². The molecule has 0 unspecified atom stereocenters. The van der Waals surface area contributed by atoms with E-state index in [0.717, 1.165) is 44.1 Å². The average molecular weight is 531 g/mol. The smallest absolute Gasteiger partial charge is 0.253 e. The van der Waals surface area contributed by atoms with Gasteiger partial charge in [-0.1, -0.05) is 24.6 Å². The Hall–Kier alpha value is -3.68. The van der Waals surface area contributed by atoms with E-state index in [2.05, 4.69) is 10.6 Å². The first-order valence-electron chi connectivity index (χ1n) is 14.2. The quantitative estimate of drug-likeness (QED) is 0.526. The Bertz CT molecular complexity index is 1230. The second kappa shape index (κ2) is 12.0. The first kappa shape index (κ1) is 26.9. The van der Waals surface area contributed by atoms with Crippen LogP contribution in [0.2, 0.25) is 0 Å². The number of hydrogen-bond acceptors (Lipinski definition) is 4. The van der Waals surface area contributed by atoms with Crippen LogP contribution in [0.25, 0.3) is 0 Å². The van der Waals surface area contributed by atoms with E-state index in [4.69, 9.17) is 0 Å². The standard InChI is InChI=1S/C31H38N4O4/c1-34(27-12-5-13-27)30(38)24-9-4-11-26(20-24)32-28(36)19-21-6-2-10-25(18-21)33-29(37)22-14-16-35(17-15-22)31(39)23-7-3-8-23/h2,4,6,9-11,18,20,22-23,27H,3,5,7-8,12-17,19H2,1H3,(H,32,36)(H,33,37). The van der Waals surface area contributed by atoms with E-state index in [9.17, 15) is 19.2 Å². The molecule has 206 valence electrons. The summed E-state index contributed by atoms with van der Waals surface area (Å²) in [6.45, 7) is 1.27. The highest BCUT2D eigenvalue weighted by molar-refractivity contribution is 5.98. The minimum absolute atomic E-state index is 0.0325. The van der Waals surface area contributed by atoms with Gasteiger partial charge in [0.25, 0.3) is 5.91 Å². The fourth-order valence-electron chi connectivity index (χ4n) is 5.54. The third-order valence-electron chi connectivity index (χ3n) is 8.53. The number of nitrogens with zero attached hydrogens (tertiary/aromatic N) is 2. The van der Waals surface area contributed by atoms with Crippen LogP contribution in [0.4, 0.5) is 11.4 Å². The lowest BCUT2D eigenvalue weighted by molar-refractivity contribution is -0.140. The number of amides is 4. The van der Waals surface area contributed by atoms with Gasteiger partial charge < -0.3 is 20.4 Å². The zero-order valence-electron chi connectivity index (χ0n) is 22.7. The Labute approximate surface area is 230 Å². The molecule has 1 heterocycles. The van der Waals surface area contributed by atoms with Crippen molar-refractivity contribution in [1.29, 1.82) is 0 Å². The van der Waals surface area contributed by atoms with Crippen molar-refractivity contribution in [2.75, 3.05) is 30.8 Å². The molecule has 2 saturated carbocycles. The van der Waals surface area contributed by atoms with Crippen LogP contribution in [0.1, 0.15) is 67.3 Å². The number of piperidine rings is 1. The van der Waals surface area contributed by atoms with Gasteiger partial charge in [-0.15, -0.1) is 0 Å². The SMILES string of the molecule is CN(C(=O)c1cccc(NC(=O)Cc2cccc(NC(=O)C3CCN(C(=O)C4CCC4)CC3)c2)c1)C1CCC1. The Morgan fingerprint density at radius 1 is 0.821 bits per heavy atom. The van der Waals surface area contributed by atoms with E-state index in [0.29, 0.717) is 48.9 Å². The summed E-state index contributed by atoms with van der Waals surface area (Å²) in [5.41, 5.74) is 2.58. The number of carbonyl (C=O) groups excluding carboxylic acids is 4. The summed E-state index contributed by atoms with van der Waals surface area (Å²) in [5, 5.41) is 5.89. The van der Waals surface area contributed by atoms with Crippen molar-refractivity contribution in [2.24, 2.45) is 11.8 Å². The number of carbonyl (C=O) groups is 4. The number of rotatable bonds is 8. The zero-order valence-corrected chi connectivity index (χ0v) is 22.7. The molecule has 0 spiro atoms. The van der Waals surface area contributed by atoms with E-state index in [1.807, 2.05) is 36.2 Å². The minimum Gasteiger partial charge on any atom is -0.342 e. The lowest BCUT2D eigenvalue weighted by Gasteiger charge is -2.36. The molecule has 3 aliphatic rings. The van der Waals surface area contributed by atoms with Crippen LogP contribution in [0.15, 0.2) is 48.5 Å². The second-order valence-electron chi connectivity index (χ2n) is 11.2. The number of hydrogen-bond donors (Lipinski definition) is 2. The van der Waals surface area contributed by atoms with Crippen LogP contribution in [0.5, 0.6) is 0 Å². The maximum Gasteiger partial charge on any atom is 0.253 e. The highest BCUT2D eigenvalue weighted by Crippen LogP contribution is 2.30. The van der Waals surface area contributed by atoms with Crippen LogP contribution in [0, 0.1) is 11.8 Å². The van der Waals surface area contributed by atoms with Gasteiger partial charge in [0.05, 0.1) is 6.42 Å². The topological polar surface area (TPSA) is 98.8 Å². The molecule has 4 amide bonds. The maximum atomic E-state index is 12.9. The number of anilines is 2. The molecule has 5 rings (SSSR count). The molecule has 2 aromatic rings. The zero-order chi connectivity index (χ0) is 27.4. The Balaban J connectivity index is 1.11. The van der Waals surface area contributed by atoms with Crippen molar-refractivity contribution in [3.8, 4) is 0 Å². The highest BCUT2D eigenvalue weighted by atomic mass is 16.2. The maximum absolute atomic E-state index is 12.9. The molecule has 0 atom stereocenters. The fourth-order valence-corrected chi connectivity index (χ4v) is 5.54. The van der Waals surface area contributed by atoms with Crippen molar-refractivity contribution in [1.82, 2.24) is 9.80 Å². The highest BCUT2D eigenvalue weighted by Gasteiger charge is 2.33. The van der Waals surface area contributed by atoms with Crippen LogP contribution in [-0.2, 0) is 20.8 Å². The summed E-state index contributed by atoms with van der Waals surface area (Å²) in [6.07, 6.45) is 7.86. The number of benzene rings is 2. The van der Waals surface area contributed by atoms with Gasteiger partial charge in [-0.25, -0.2) is 0 Å². The third kappa shape index (κ3) is 6.49. The van der Waals surface area contributed by atoms with Crippen molar-refractivity contribution >= 4 is 35.0 Å². The first-order valence-corrected chi connectivity index (χ1v) is 14.2. The summed E-state index contributed by atoms with van der Waals surface area (Å²) < 4.78 is 0. The Morgan fingerprint density at radius 3 is 2.13 bits per heavy atom. The molecular weight excluding hydrogens is 492 g/mol. The predicted octanol–water partition coefficient (Wildman–Crippen LogP) is 4.47. The fraction of sp³-hybridized carbons (Fsp3) is 0.484. The van der Waals surface area contributed by atoms with Gasteiger partial charge in [-0.05, 0) is 80.8 Å². The molecule has 0 bridgehead atoms. The summed E-state index contributed by atoms with van der Waals surface area (Å²) in [4.78, 5) is 54.7. The molecular formula is C31H38N4O4. The lowest BCUT2D eigenvalue weighted by Crippen LogP contribution is -2.45. The predicted molar refractivity (Wildman–Crippen MR) is 150 cm³/mol. The van der Waals surface area contributed by atoms with Gasteiger partial charge in [0, 0.05) is 55.0 Å². The van der Waals surface area contributed by atoms with E-state index < -0.39 is 0 Å². The molecule has 39 heavy (non-hydrogen) atoms. The summed E-state index contributed by atoms with van der Waals surface area (Å²) in [5.74, 6) is 0.0565. The molecule has 8 heteroatoms. The molecule has 0 aromatic heterocycles. The van der Waals surface area contributed by atoms with E-state index in [1.165, 1.54) is 0 Å². The molecule has 8 nitrogen and oxygen atoms in total. The normalized spacial score (nSPS) is 18.0. The van der Waals surface area contributed by atoms with E-state index in [-0.39, 0.29) is 41.9 Å². The Morgan fingerprint density at radius 2 is 1.49 bits per heavy atom. The van der Waals surface area contributed by atoms with Crippen LogP contribution >= 0.6 is 0 Å². The van der Waals surface area contributed by atoms with Gasteiger partial charge in [0.15, 0.2) is 0 Å². The van der Waals surface area contributed by atoms with Crippen LogP contribution in [-0.4, -0.2) is 59.6 Å².